The van der Waals surface area contributed by atoms with Crippen LogP contribution >= 0.6 is 15.9 Å². The van der Waals surface area contributed by atoms with Crippen molar-refractivity contribution in [2.45, 2.75) is 6.54 Å². The van der Waals surface area contributed by atoms with Crippen molar-refractivity contribution in [3.8, 4) is 0 Å². The van der Waals surface area contributed by atoms with Gasteiger partial charge >= 0.3 is 5.97 Å². The highest BCUT2D eigenvalue weighted by Crippen LogP contribution is 2.28. The minimum atomic E-state index is -1.10. The zero-order valence-electron chi connectivity index (χ0n) is 9.49. The number of carbonyl (C=O) groups is 1. The van der Waals surface area contributed by atoms with Crippen molar-refractivity contribution in [2.24, 2.45) is 0 Å². The first-order valence-corrected chi connectivity index (χ1v) is 5.97. The SMILES string of the molecule is O=C(O)c1ccnn1Cc1cccc([N+](=O)[O-])c1Br. The Bertz CT molecular complexity index is 653. The Balaban J connectivity index is 2.39. The molecular weight excluding hydrogens is 318 g/mol. The summed E-state index contributed by atoms with van der Waals surface area (Å²) in [4.78, 5) is 21.3. The first-order chi connectivity index (χ1) is 9.00. The van der Waals surface area contributed by atoms with Gasteiger partial charge in [-0.15, -0.1) is 0 Å². The number of halogens is 1. The fourth-order valence-electron chi connectivity index (χ4n) is 1.63. The third-order valence-electron chi connectivity index (χ3n) is 2.51. The van der Waals surface area contributed by atoms with E-state index in [1.54, 1.807) is 12.1 Å². The molecule has 0 amide bonds. The Hall–Kier alpha value is -2.22. The zero-order chi connectivity index (χ0) is 14.0. The van der Waals surface area contributed by atoms with E-state index >= 15 is 0 Å². The maximum absolute atomic E-state index is 11.0. The molecule has 0 aliphatic heterocycles. The number of aromatic nitrogens is 2. The Morgan fingerprint density at radius 1 is 1.47 bits per heavy atom. The van der Waals surface area contributed by atoms with Crippen molar-refractivity contribution < 1.29 is 14.8 Å². The largest absolute Gasteiger partial charge is 0.477 e. The number of carboxylic acids is 1. The van der Waals surface area contributed by atoms with E-state index in [0.717, 1.165) is 0 Å². The van der Waals surface area contributed by atoms with Gasteiger partial charge in [0.15, 0.2) is 0 Å². The summed E-state index contributed by atoms with van der Waals surface area (Å²) in [5.41, 5.74) is 0.542. The number of rotatable bonds is 4. The van der Waals surface area contributed by atoms with Gasteiger partial charge in [-0.3, -0.25) is 14.8 Å². The maximum atomic E-state index is 11.0. The quantitative estimate of drug-likeness (QED) is 0.687. The summed E-state index contributed by atoms with van der Waals surface area (Å²) in [7, 11) is 0. The molecule has 0 saturated heterocycles. The minimum absolute atomic E-state index is 0.0263. The molecule has 98 valence electrons. The number of nitro benzene ring substituents is 1. The fraction of sp³-hybridized carbons (Fsp3) is 0.0909. The van der Waals surface area contributed by atoms with Crippen LogP contribution in [0.5, 0.6) is 0 Å². The van der Waals surface area contributed by atoms with Gasteiger partial charge in [0, 0.05) is 12.3 Å². The number of nitro groups is 1. The smallest absolute Gasteiger partial charge is 0.354 e. The second-order valence-electron chi connectivity index (χ2n) is 3.69. The lowest BCUT2D eigenvalue weighted by Gasteiger charge is -2.07. The maximum Gasteiger partial charge on any atom is 0.354 e. The van der Waals surface area contributed by atoms with Crippen molar-refractivity contribution in [2.75, 3.05) is 0 Å². The van der Waals surface area contributed by atoms with E-state index in [-0.39, 0.29) is 17.9 Å². The standard InChI is InChI=1S/C11H8BrN3O4/c12-10-7(2-1-3-8(10)15(18)19)6-14-9(11(16)17)4-5-13-14/h1-5H,6H2,(H,16,17). The van der Waals surface area contributed by atoms with Gasteiger partial charge in [0.2, 0.25) is 0 Å². The number of aromatic carboxylic acids is 1. The van der Waals surface area contributed by atoms with Crippen molar-refractivity contribution in [3.05, 3.63) is 56.3 Å². The first-order valence-electron chi connectivity index (χ1n) is 5.17. The molecular formula is C11H8BrN3O4. The molecule has 1 aromatic carbocycles. The highest BCUT2D eigenvalue weighted by molar-refractivity contribution is 9.10. The van der Waals surface area contributed by atoms with E-state index in [2.05, 4.69) is 21.0 Å². The summed E-state index contributed by atoms with van der Waals surface area (Å²) in [6, 6.07) is 5.95. The molecule has 0 aliphatic rings. The van der Waals surface area contributed by atoms with Crippen LogP contribution in [0.2, 0.25) is 0 Å². The fourth-order valence-corrected chi connectivity index (χ4v) is 2.17. The van der Waals surface area contributed by atoms with Crippen LogP contribution in [0.4, 0.5) is 5.69 Å². The van der Waals surface area contributed by atoms with E-state index in [9.17, 15) is 14.9 Å². The Kier molecular flexibility index (Phi) is 3.61. The molecule has 2 aromatic rings. The molecule has 8 heteroatoms. The summed E-state index contributed by atoms with van der Waals surface area (Å²) in [5, 5.41) is 23.7. The monoisotopic (exact) mass is 325 g/mol. The summed E-state index contributed by atoms with van der Waals surface area (Å²) in [6.45, 7) is 0.136. The van der Waals surface area contributed by atoms with Crippen LogP contribution in [0.25, 0.3) is 0 Å². The molecule has 19 heavy (non-hydrogen) atoms. The third kappa shape index (κ3) is 2.63. The topological polar surface area (TPSA) is 98.3 Å². The molecule has 1 aromatic heterocycles. The van der Waals surface area contributed by atoms with E-state index in [4.69, 9.17) is 5.11 Å². The normalized spacial score (nSPS) is 10.4. The summed E-state index contributed by atoms with van der Waals surface area (Å²) >= 11 is 3.16. The molecule has 0 unspecified atom stereocenters. The van der Waals surface area contributed by atoms with E-state index < -0.39 is 10.9 Å². The number of nitrogens with zero attached hydrogens (tertiary/aromatic N) is 3. The van der Waals surface area contributed by atoms with Crippen molar-refractivity contribution in [1.82, 2.24) is 9.78 Å². The Labute approximate surface area is 115 Å². The van der Waals surface area contributed by atoms with Gasteiger partial charge in [-0.1, -0.05) is 12.1 Å². The van der Waals surface area contributed by atoms with Crippen LogP contribution in [0, 0.1) is 10.1 Å². The molecule has 0 aliphatic carbocycles. The lowest BCUT2D eigenvalue weighted by molar-refractivity contribution is -0.385. The number of hydrogen-bond donors (Lipinski definition) is 1. The van der Waals surface area contributed by atoms with E-state index in [1.807, 2.05) is 0 Å². The molecule has 0 radical (unpaired) electrons. The number of benzene rings is 1. The predicted octanol–water partition coefficient (Wildman–Crippen LogP) is 2.30. The molecule has 2 rings (SSSR count). The number of carboxylic acid groups (broad SMARTS) is 1. The Morgan fingerprint density at radius 2 is 2.21 bits per heavy atom. The zero-order valence-corrected chi connectivity index (χ0v) is 11.1. The van der Waals surface area contributed by atoms with Crippen LogP contribution in [-0.2, 0) is 6.54 Å². The second kappa shape index (κ2) is 5.19. The average molecular weight is 326 g/mol. The lowest BCUT2D eigenvalue weighted by atomic mass is 10.2. The van der Waals surface area contributed by atoms with Gasteiger partial charge in [0.05, 0.1) is 11.5 Å². The molecule has 1 N–H and O–H groups in total. The molecule has 0 fully saturated rings. The minimum Gasteiger partial charge on any atom is -0.477 e. The van der Waals surface area contributed by atoms with Gasteiger partial charge in [-0.05, 0) is 27.6 Å². The second-order valence-corrected chi connectivity index (χ2v) is 4.48. The van der Waals surface area contributed by atoms with Gasteiger partial charge in [0.25, 0.3) is 5.69 Å². The highest BCUT2D eigenvalue weighted by atomic mass is 79.9. The van der Waals surface area contributed by atoms with Crippen molar-refractivity contribution in [1.29, 1.82) is 0 Å². The average Bonchev–Trinajstić information content (AvgIpc) is 2.79. The molecule has 0 spiro atoms. The molecule has 0 saturated carbocycles. The van der Waals surface area contributed by atoms with Gasteiger partial charge in [-0.2, -0.15) is 5.10 Å². The van der Waals surface area contributed by atoms with Crippen LogP contribution < -0.4 is 0 Å². The number of hydrogen-bond acceptors (Lipinski definition) is 4. The highest BCUT2D eigenvalue weighted by Gasteiger charge is 2.17. The molecule has 7 nitrogen and oxygen atoms in total. The van der Waals surface area contributed by atoms with Gasteiger partial charge < -0.3 is 5.11 Å². The summed E-state index contributed by atoms with van der Waals surface area (Å²) in [6.07, 6.45) is 1.37. The van der Waals surface area contributed by atoms with E-state index in [0.29, 0.717) is 10.0 Å². The van der Waals surface area contributed by atoms with E-state index in [1.165, 1.54) is 23.0 Å². The van der Waals surface area contributed by atoms with Crippen LogP contribution in [0.3, 0.4) is 0 Å². The molecule has 0 bridgehead atoms. The van der Waals surface area contributed by atoms with Crippen LogP contribution in [0.15, 0.2) is 34.9 Å². The lowest BCUT2D eigenvalue weighted by Crippen LogP contribution is -2.11. The third-order valence-corrected chi connectivity index (χ3v) is 3.43. The predicted molar refractivity (Wildman–Crippen MR) is 69.1 cm³/mol. The molecule has 1 heterocycles. The van der Waals surface area contributed by atoms with Gasteiger partial charge in [0.1, 0.15) is 10.2 Å². The van der Waals surface area contributed by atoms with Crippen LogP contribution in [0.1, 0.15) is 16.1 Å². The Morgan fingerprint density at radius 3 is 2.84 bits per heavy atom. The van der Waals surface area contributed by atoms with Crippen molar-refractivity contribution >= 4 is 27.6 Å². The summed E-state index contributed by atoms with van der Waals surface area (Å²) < 4.78 is 1.60. The van der Waals surface area contributed by atoms with Gasteiger partial charge in [-0.25, -0.2) is 4.79 Å². The molecule has 0 atom stereocenters. The summed E-state index contributed by atoms with van der Waals surface area (Å²) in [5.74, 6) is -1.10. The van der Waals surface area contributed by atoms with Crippen molar-refractivity contribution in [3.63, 3.8) is 0 Å². The van der Waals surface area contributed by atoms with Crippen LogP contribution in [-0.4, -0.2) is 25.8 Å². The first kappa shape index (κ1) is 13.2.